The van der Waals surface area contributed by atoms with E-state index < -0.39 is 0 Å². The molecule has 38 heavy (non-hydrogen) atoms. The normalized spacial score (nSPS) is 24.0. The summed E-state index contributed by atoms with van der Waals surface area (Å²) >= 11 is 8.09. The van der Waals surface area contributed by atoms with Crippen molar-refractivity contribution in [1.29, 1.82) is 5.26 Å². The maximum absolute atomic E-state index is 9.97. The van der Waals surface area contributed by atoms with Gasteiger partial charge in [-0.25, -0.2) is 14.6 Å². The van der Waals surface area contributed by atoms with Crippen LogP contribution in [0.2, 0.25) is 5.15 Å². The van der Waals surface area contributed by atoms with Crippen molar-refractivity contribution >= 4 is 39.0 Å². The summed E-state index contributed by atoms with van der Waals surface area (Å²) in [4.78, 5) is 13.2. The number of thiophene rings is 1. The van der Waals surface area contributed by atoms with Crippen LogP contribution in [-0.4, -0.2) is 49.4 Å². The molecule has 0 bridgehead atoms. The number of aromatic nitrogens is 5. The van der Waals surface area contributed by atoms with Gasteiger partial charge in [0, 0.05) is 22.7 Å². The van der Waals surface area contributed by atoms with E-state index in [1.165, 1.54) is 11.3 Å². The second-order valence-electron chi connectivity index (χ2n) is 11.0. The third-order valence-electron chi connectivity index (χ3n) is 8.99. The van der Waals surface area contributed by atoms with E-state index in [9.17, 15) is 5.26 Å². The van der Waals surface area contributed by atoms with Crippen molar-refractivity contribution in [2.45, 2.75) is 75.8 Å². The molecule has 4 aromatic heterocycles. The molecule has 1 saturated heterocycles. The molecule has 3 atom stereocenters. The van der Waals surface area contributed by atoms with Crippen molar-refractivity contribution in [3.05, 3.63) is 38.7 Å². The first-order valence-corrected chi connectivity index (χ1v) is 14.5. The monoisotopic (exact) mass is 548 g/mol. The number of likely N-dealkylation sites (N-methyl/N-ethyl adjacent to an activating group) is 1. The molecule has 0 amide bonds. The van der Waals surface area contributed by atoms with Gasteiger partial charge in [0.25, 0.3) is 0 Å². The summed E-state index contributed by atoms with van der Waals surface area (Å²) < 4.78 is 8.11. The quantitative estimate of drug-likeness (QED) is 0.367. The average molecular weight is 549 g/mol. The molecule has 11 heteroatoms. The van der Waals surface area contributed by atoms with Gasteiger partial charge in [0.2, 0.25) is 0 Å². The fraction of sp³-hybridized carbons (Fsp3) is 0.519. The summed E-state index contributed by atoms with van der Waals surface area (Å²) in [6.07, 6.45) is 9.66. The van der Waals surface area contributed by atoms with E-state index >= 15 is 0 Å². The summed E-state index contributed by atoms with van der Waals surface area (Å²) in [5.74, 6) is 1.37. The maximum atomic E-state index is 9.97. The van der Waals surface area contributed by atoms with Gasteiger partial charge in [-0.1, -0.05) is 16.8 Å². The molecule has 0 radical (unpaired) electrons. The molecule has 0 unspecified atom stereocenters. The van der Waals surface area contributed by atoms with Crippen LogP contribution in [0.3, 0.4) is 0 Å². The van der Waals surface area contributed by atoms with Gasteiger partial charge in [0.15, 0.2) is 28.1 Å². The Kier molecular flexibility index (Phi) is 5.55. The van der Waals surface area contributed by atoms with Gasteiger partial charge in [-0.05, 0) is 77.4 Å². The van der Waals surface area contributed by atoms with Crippen molar-refractivity contribution in [2.24, 2.45) is 0 Å². The zero-order valence-corrected chi connectivity index (χ0v) is 23.1. The molecular formula is C27H29ClN8OS. The van der Waals surface area contributed by atoms with Crippen LogP contribution in [0, 0.1) is 11.3 Å². The van der Waals surface area contributed by atoms with Crippen LogP contribution in [0.1, 0.15) is 78.8 Å². The van der Waals surface area contributed by atoms with E-state index in [0.29, 0.717) is 38.9 Å². The number of nitrogens with zero attached hydrogens (tertiary/aromatic N) is 7. The predicted octanol–water partition coefficient (Wildman–Crippen LogP) is 5.26. The highest BCUT2D eigenvalue weighted by Crippen LogP contribution is 2.55. The van der Waals surface area contributed by atoms with Crippen LogP contribution in [-0.2, 0) is 18.3 Å². The van der Waals surface area contributed by atoms with Gasteiger partial charge in [0.1, 0.15) is 11.1 Å². The van der Waals surface area contributed by atoms with Gasteiger partial charge in [0.05, 0.1) is 22.4 Å². The number of anilines is 1. The molecule has 0 saturated carbocycles. The molecule has 1 spiro atoms. The topological polar surface area (TPSA) is 123 Å². The number of nitriles is 1. The van der Waals surface area contributed by atoms with E-state index in [0.717, 1.165) is 73.8 Å². The first-order valence-electron chi connectivity index (χ1n) is 13.3. The Morgan fingerprint density at radius 3 is 2.87 bits per heavy atom. The summed E-state index contributed by atoms with van der Waals surface area (Å²) in [7, 11) is 2.16. The third kappa shape index (κ3) is 3.31. The molecule has 2 N–H and O–H groups in total. The van der Waals surface area contributed by atoms with Gasteiger partial charge < -0.3 is 15.2 Å². The number of halogens is 1. The van der Waals surface area contributed by atoms with Crippen molar-refractivity contribution < 1.29 is 4.52 Å². The Balaban J connectivity index is 1.35. The van der Waals surface area contributed by atoms with Crippen LogP contribution >= 0.6 is 22.9 Å². The number of aryl methyl sites for hydroxylation is 1. The minimum absolute atomic E-state index is 0.115. The van der Waals surface area contributed by atoms with E-state index in [4.69, 9.17) is 26.8 Å². The van der Waals surface area contributed by atoms with E-state index in [1.807, 2.05) is 4.68 Å². The Bertz CT molecular complexity index is 1610. The van der Waals surface area contributed by atoms with Crippen molar-refractivity contribution in [3.63, 3.8) is 0 Å². The van der Waals surface area contributed by atoms with Gasteiger partial charge in [-0.2, -0.15) is 10.4 Å². The van der Waals surface area contributed by atoms with Crippen LogP contribution < -0.4 is 5.73 Å². The van der Waals surface area contributed by atoms with E-state index in [1.54, 1.807) is 17.5 Å². The fourth-order valence-corrected chi connectivity index (χ4v) is 8.59. The predicted molar refractivity (Wildman–Crippen MR) is 146 cm³/mol. The lowest BCUT2D eigenvalue weighted by Gasteiger charge is -2.39. The zero-order valence-electron chi connectivity index (χ0n) is 21.5. The van der Waals surface area contributed by atoms with Gasteiger partial charge in [-0.3, -0.25) is 0 Å². The molecule has 2 aliphatic carbocycles. The highest BCUT2D eigenvalue weighted by atomic mass is 35.5. The number of likely N-dealkylation sites (tertiary alicyclic amines) is 1. The first-order chi connectivity index (χ1) is 18.4. The van der Waals surface area contributed by atoms with Gasteiger partial charge in [-0.15, -0.1) is 11.3 Å². The summed E-state index contributed by atoms with van der Waals surface area (Å²) in [5, 5.41) is 20.9. The fourth-order valence-electron chi connectivity index (χ4n) is 7.21. The molecule has 7 rings (SSSR count). The Hall–Kier alpha value is -3.00. The molecule has 4 aromatic rings. The lowest BCUT2D eigenvalue weighted by atomic mass is 9.63. The van der Waals surface area contributed by atoms with Crippen molar-refractivity contribution in [1.82, 2.24) is 29.8 Å². The highest BCUT2D eigenvalue weighted by molar-refractivity contribution is 7.16. The number of fused-ring (bicyclic) bond motifs is 5. The highest BCUT2D eigenvalue weighted by Gasteiger charge is 2.48. The zero-order chi connectivity index (χ0) is 26.2. The standard InChI is InChI=1S/C27H29ClN8OS/c1-14(18-7-5-11-35(18)2)36-26-17(23(28)33-36)13-31-25(32-26)21-15-6-3-9-27(22(15)37-34-21)10-4-8-19-20(27)16(12-29)24(30)38-19/h13-14,18H,3-11,30H2,1-2H3/t14-,18-,27-/m0/s1. The Morgan fingerprint density at radius 2 is 2.11 bits per heavy atom. The second kappa shape index (κ2) is 8.76. The molecule has 196 valence electrons. The minimum atomic E-state index is -0.373. The SMILES string of the molecule is C[C@@H]([C@@H]1CCCN1C)n1nc(Cl)c2cnc(-c3noc4c3CCC[C@@]43CCCc4sc(N)c(C#N)c43)nc21. The van der Waals surface area contributed by atoms with Crippen molar-refractivity contribution in [2.75, 3.05) is 19.3 Å². The van der Waals surface area contributed by atoms with E-state index in [-0.39, 0.29) is 11.5 Å². The molecule has 0 aromatic carbocycles. The number of hydrogen-bond acceptors (Lipinski definition) is 9. The Labute approximate surface area is 229 Å². The number of nitrogen functional groups attached to an aromatic ring is 1. The molecule has 9 nitrogen and oxygen atoms in total. The maximum Gasteiger partial charge on any atom is 0.184 e. The lowest BCUT2D eigenvalue weighted by molar-refractivity contribution is 0.232. The average Bonchev–Trinajstić information content (AvgIpc) is 3.68. The largest absolute Gasteiger partial charge is 0.389 e. The minimum Gasteiger partial charge on any atom is -0.389 e. The number of nitrogens with two attached hydrogens (primary N) is 1. The van der Waals surface area contributed by atoms with Crippen LogP contribution in [0.25, 0.3) is 22.6 Å². The molecule has 1 aliphatic heterocycles. The van der Waals surface area contributed by atoms with Crippen LogP contribution in [0.5, 0.6) is 0 Å². The summed E-state index contributed by atoms with van der Waals surface area (Å²) in [6.45, 7) is 3.26. The van der Waals surface area contributed by atoms with Crippen molar-refractivity contribution in [3.8, 4) is 17.6 Å². The molecule has 1 fully saturated rings. The van der Waals surface area contributed by atoms with Gasteiger partial charge >= 0.3 is 0 Å². The Morgan fingerprint density at radius 1 is 1.29 bits per heavy atom. The summed E-state index contributed by atoms with van der Waals surface area (Å²) in [6, 6.07) is 2.87. The summed E-state index contributed by atoms with van der Waals surface area (Å²) in [5.41, 5.74) is 10.0. The number of hydrogen-bond donors (Lipinski definition) is 1. The van der Waals surface area contributed by atoms with Crippen LogP contribution in [0.4, 0.5) is 5.00 Å². The second-order valence-corrected chi connectivity index (χ2v) is 12.5. The number of rotatable bonds is 3. The molecule has 3 aliphatic rings. The smallest absolute Gasteiger partial charge is 0.184 e. The molecular weight excluding hydrogens is 520 g/mol. The van der Waals surface area contributed by atoms with Crippen LogP contribution in [0.15, 0.2) is 10.7 Å². The van der Waals surface area contributed by atoms with E-state index in [2.05, 4.69) is 40.2 Å². The lowest BCUT2D eigenvalue weighted by Crippen LogP contribution is -2.35. The third-order valence-corrected chi connectivity index (χ3v) is 10.4. The first kappa shape index (κ1) is 24.1. The molecule has 5 heterocycles.